The van der Waals surface area contributed by atoms with Gasteiger partial charge in [-0.15, -0.1) is 0 Å². The first-order valence-corrected chi connectivity index (χ1v) is 4.28. The van der Waals surface area contributed by atoms with Crippen LogP contribution in [0.1, 0.15) is 30.1 Å². The van der Waals surface area contributed by atoms with Crippen molar-refractivity contribution in [2.75, 3.05) is 0 Å². The van der Waals surface area contributed by atoms with Crippen LogP contribution >= 0.6 is 0 Å². The molecule has 76 valence electrons. The molecule has 1 aromatic rings. The standard InChI is InChI=1S/C10H10F2O2/c1-2-3-7(13)6-4-5-8(14)10(12)9(6)11/h4-5,14H,2-3H2,1H3. The summed E-state index contributed by atoms with van der Waals surface area (Å²) in [4.78, 5) is 11.2. The Morgan fingerprint density at radius 3 is 2.57 bits per heavy atom. The normalized spacial score (nSPS) is 10.2. The van der Waals surface area contributed by atoms with E-state index in [4.69, 9.17) is 5.11 Å². The third kappa shape index (κ3) is 1.89. The number of rotatable bonds is 3. The van der Waals surface area contributed by atoms with Gasteiger partial charge in [-0.3, -0.25) is 4.79 Å². The Balaban J connectivity index is 3.11. The van der Waals surface area contributed by atoms with Gasteiger partial charge < -0.3 is 5.11 Å². The molecule has 1 aromatic carbocycles. The van der Waals surface area contributed by atoms with Crippen molar-refractivity contribution in [2.24, 2.45) is 0 Å². The minimum Gasteiger partial charge on any atom is -0.505 e. The van der Waals surface area contributed by atoms with Crippen LogP contribution in [0.15, 0.2) is 12.1 Å². The number of Topliss-reactive ketones (excluding diaryl/α,β-unsaturated/α-hetero) is 1. The maximum atomic E-state index is 13.1. The zero-order chi connectivity index (χ0) is 10.7. The number of phenolic OH excluding ortho intramolecular Hbond substituents is 1. The van der Waals surface area contributed by atoms with Gasteiger partial charge in [-0.2, -0.15) is 4.39 Å². The Bertz CT molecular complexity index is 361. The van der Waals surface area contributed by atoms with Crippen LogP contribution < -0.4 is 0 Å². The molecule has 14 heavy (non-hydrogen) atoms. The monoisotopic (exact) mass is 200 g/mol. The molecule has 4 heteroatoms. The van der Waals surface area contributed by atoms with Crippen molar-refractivity contribution in [3.63, 3.8) is 0 Å². The van der Waals surface area contributed by atoms with Crippen molar-refractivity contribution in [2.45, 2.75) is 19.8 Å². The van der Waals surface area contributed by atoms with Gasteiger partial charge in [0.1, 0.15) is 0 Å². The average molecular weight is 200 g/mol. The molecule has 0 saturated heterocycles. The van der Waals surface area contributed by atoms with E-state index in [2.05, 4.69) is 0 Å². The maximum Gasteiger partial charge on any atom is 0.201 e. The summed E-state index contributed by atoms with van der Waals surface area (Å²) in [5.41, 5.74) is -0.304. The first-order chi connectivity index (χ1) is 6.57. The number of aromatic hydroxyl groups is 1. The molecular formula is C10H10F2O2. The molecule has 0 aliphatic heterocycles. The summed E-state index contributed by atoms with van der Waals surface area (Å²) >= 11 is 0. The predicted octanol–water partition coefficient (Wildman–Crippen LogP) is 2.65. The van der Waals surface area contributed by atoms with Gasteiger partial charge in [0, 0.05) is 6.42 Å². The number of phenols is 1. The number of halogens is 2. The number of ketones is 1. The molecule has 2 nitrogen and oxygen atoms in total. The predicted molar refractivity (Wildman–Crippen MR) is 47.3 cm³/mol. The summed E-state index contributed by atoms with van der Waals surface area (Å²) in [6.45, 7) is 1.77. The van der Waals surface area contributed by atoms with E-state index in [1.54, 1.807) is 6.92 Å². The second-order valence-electron chi connectivity index (χ2n) is 2.93. The molecule has 0 saturated carbocycles. The zero-order valence-corrected chi connectivity index (χ0v) is 7.68. The van der Waals surface area contributed by atoms with Crippen molar-refractivity contribution in [1.82, 2.24) is 0 Å². The lowest BCUT2D eigenvalue weighted by Gasteiger charge is -2.03. The Morgan fingerprint density at radius 2 is 2.00 bits per heavy atom. The van der Waals surface area contributed by atoms with E-state index in [1.165, 1.54) is 0 Å². The van der Waals surface area contributed by atoms with Crippen molar-refractivity contribution in [1.29, 1.82) is 0 Å². The van der Waals surface area contributed by atoms with Gasteiger partial charge in [-0.05, 0) is 18.6 Å². The van der Waals surface area contributed by atoms with E-state index in [-0.39, 0.29) is 12.0 Å². The smallest absolute Gasteiger partial charge is 0.201 e. The number of carbonyl (C=O) groups is 1. The van der Waals surface area contributed by atoms with Gasteiger partial charge in [0.15, 0.2) is 17.3 Å². The molecule has 0 aromatic heterocycles. The molecule has 0 bridgehead atoms. The molecule has 0 atom stereocenters. The first-order valence-electron chi connectivity index (χ1n) is 4.28. The number of hydrogen-bond acceptors (Lipinski definition) is 2. The highest BCUT2D eigenvalue weighted by molar-refractivity contribution is 5.96. The fourth-order valence-corrected chi connectivity index (χ4v) is 1.12. The van der Waals surface area contributed by atoms with E-state index in [0.29, 0.717) is 6.42 Å². The molecule has 0 aliphatic carbocycles. The van der Waals surface area contributed by atoms with Crippen LogP contribution in [-0.4, -0.2) is 10.9 Å². The van der Waals surface area contributed by atoms with Crippen LogP contribution in [-0.2, 0) is 0 Å². The summed E-state index contributed by atoms with van der Waals surface area (Å²) in [5.74, 6) is -3.88. The fourth-order valence-electron chi connectivity index (χ4n) is 1.12. The van der Waals surface area contributed by atoms with Gasteiger partial charge in [0.05, 0.1) is 5.56 Å². The van der Waals surface area contributed by atoms with E-state index < -0.39 is 23.2 Å². The Labute approximate surface area is 80.2 Å². The van der Waals surface area contributed by atoms with Gasteiger partial charge in [0.2, 0.25) is 5.82 Å². The minimum absolute atomic E-state index is 0.168. The van der Waals surface area contributed by atoms with Gasteiger partial charge >= 0.3 is 0 Å². The van der Waals surface area contributed by atoms with Gasteiger partial charge in [0.25, 0.3) is 0 Å². The van der Waals surface area contributed by atoms with Crippen LogP contribution in [0.5, 0.6) is 5.75 Å². The molecular weight excluding hydrogens is 190 g/mol. The molecule has 0 aliphatic rings. The van der Waals surface area contributed by atoms with E-state index in [1.807, 2.05) is 0 Å². The zero-order valence-electron chi connectivity index (χ0n) is 7.68. The third-order valence-corrected chi connectivity index (χ3v) is 1.84. The molecule has 0 fully saturated rings. The number of carbonyl (C=O) groups excluding carboxylic acids is 1. The van der Waals surface area contributed by atoms with Crippen LogP contribution in [0.3, 0.4) is 0 Å². The lowest BCUT2D eigenvalue weighted by molar-refractivity contribution is 0.0976. The van der Waals surface area contributed by atoms with Gasteiger partial charge in [-0.25, -0.2) is 4.39 Å². The minimum atomic E-state index is -1.37. The molecule has 1 N–H and O–H groups in total. The van der Waals surface area contributed by atoms with Crippen LogP contribution in [0.2, 0.25) is 0 Å². The van der Waals surface area contributed by atoms with E-state index in [9.17, 15) is 13.6 Å². The topological polar surface area (TPSA) is 37.3 Å². The second kappa shape index (κ2) is 4.17. The lowest BCUT2D eigenvalue weighted by atomic mass is 10.1. The fraction of sp³-hybridized carbons (Fsp3) is 0.300. The van der Waals surface area contributed by atoms with Crippen LogP contribution in [0, 0.1) is 11.6 Å². The highest BCUT2D eigenvalue weighted by Crippen LogP contribution is 2.22. The van der Waals surface area contributed by atoms with Crippen molar-refractivity contribution < 1.29 is 18.7 Å². The average Bonchev–Trinajstić information content (AvgIpc) is 2.15. The van der Waals surface area contributed by atoms with E-state index >= 15 is 0 Å². The van der Waals surface area contributed by atoms with Crippen molar-refractivity contribution in [3.8, 4) is 5.75 Å². The quantitative estimate of drug-likeness (QED) is 0.761. The summed E-state index contributed by atoms with van der Waals surface area (Å²) in [7, 11) is 0. The van der Waals surface area contributed by atoms with Crippen molar-refractivity contribution >= 4 is 5.78 Å². The summed E-state index contributed by atoms with van der Waals surface area (Å²) in [5, 5.41) is 8.81. The van der Waals surface area contributed by atoms with Gasteiger partial charge in [-0.1, -0.05) is 6.92 Å². The SMILES string of the molecule is CCCC(=O)c1ccc(O)c(F)c1F. The maximum absolute atomic E-state index is 13.1. The highest BCUT2D eigenvalue weighted by atomic mass is 19.2. The van der Waals surface area contributed by atoms with Crippen LogP contribution in [0.25, 0.3) is 0 Å². The lowest BCUT2D eigenvalue weighted by Crippen LogP contribution is -2.03. The van der Waals surface area contributed by atoms with Crippen LogP contribution in [0.4, 0.5) is 8.78 Å². The molecule has 0 radical (unpaired) electrons. The largest absolute Gasteiger partial charge is 0.505 e. The molecule has 0 amide bonds. The molecule has 0 heterocycles. The second-order valence-corrected chi connectivity index (χ2v) is 2.93. The Morgan fingerprint density at radius 1 is 1.36 bits per heavy atom. The Kier molecular flexibility index (Phi) is 3.17. The van der Waals surface area contributed by atoms with E-state index in [0.717, 1.165) is 12.1 Å². The highest BCUT2D eigenvalue weighted by Gasteiger charge is 2.17. The first kappa shape index (κ1) is 10.6. The summed E-state index contributed by atoms with van der Waals surface area (Å²) in [6, 6.07) is 2.06. The summed E-state index contributed by atoms with van der Waals surface area (Å²) < 4.78 is 25.9. The summed E-state index contributed by atoms with van der Waals surface area (Å²) in [6.07, 6.45) is 0.738. The molecule has 1 rings (SSSR count). The number of hydrogen-bond donors (Lipinski definition) is 1. The molecule has 0 spiro atoms. The van der Waals surface area contributed by atoms with Crippen molar-refractivity contribution in [3.05, 3.63) is 29.3 Å². The number of benzene rings is 1. The molecule has 0 unspecified atom stereocenters. The Hall–Kier alpha value is -1.45. The third-order valence-electron chi connectivity index (χ3n) is 1.84.